The van der Waals surface area contributed by atoms with Crippen LogP contribution in [0.15, 0.2) is 35.2 Å². The fourth-order valence-corrected chi connectivity index (χ4v) is 2.81. The van der Waals surface area contributed by atoms with E-state index in [1.54, 1.807) is 0 Å². The highest BCUT2D eigenvalue weighted by Crippen LogP contribution is 2.47. The summed E-state index contributed by atoms with van der Waals surface area (Å²) in [6.07, 6.45) is 2.36. The molecule has 0 aromatic heterocycles. The van der Waals surface area contributed by atoms with Crippen LogP contribution in [0, 0.1) is 10.1 Å². The zero-order valence-corrected chi connectivity index (χ0v) is 8.50. The minimum absolute atomic E-state index is 0.131. The normalized spacial score (nSPS) is 18.6. The quantitative estimate of drug-likeness (QED) is 0.436. The molecule has 0 radical (unpaired) electrons. The molecule has 0 saturated heterocycles. The van der Waals surface area contributed by atoms with Gasteiger partial charge in [0, 0.05) is 22.7 Å². The molecule has 1 aliphatic carbocycles. The van der Waals surface area contributed by atoms with Crippen molar-refractivity contribution in [2.45, 2.75) is 29.0 Å². The van der Waals surface area contributed by atoms with Crippen LogP contribution in [0.3, 0.4) is 0 Å². The Kier molecular flexibility index (Phi) is 2.46. The van der Waals surface area contributed by atoms with Crippen LogP contribution in [0.5, 0.6) is 0 Å². The lowest BCUT2D eigenvalue weighted by molar-refractivity contribution is -0.552. The summed E-state index contributed by atoms with van der Waals surface area (Å²) in [6.45, 7) is 0. The predicted molar refractivity (Wildman–Crippen MR) is 55.9 cm³/mol. The number of thioether (sulfide) groups is 1. The second-order valence-electron chi connectivity index (χ2n) is 3.47. The van der Waals surface area contributed by atoms with Crippen molar-refractivity contribution in [2.75, 3.05) is 0 Å². The van der Waals surface area contributed by atoms with Crippen molar-refractivity contribution < 1.29 is 4.92 Å². The smallest absolute Gasteiger partial charge is 0.263 e. The number of nitrogens with zero attached hydrogens (tertiary/aromatic N) is 1. The number of hydrogen-bond donors (Lipinski definition) is 0. The summed E-state index contributed by atoms with van der Waals surface area (Å²) in [5, 5.41) is 10.9. The molecular formula is C10H11NO2S. The maximum atomic E-state index is 10.9. The highest BCUT2D eigenvalue weighted by molar-refractivity contribution is 8.00. The summed E-state index contributed by atoms with van der Waals surface area (Å²) in [6, 6.07) is 9.59. The summed E-state index contributed by atoms with van der Waals surface area (Å²) in [7, 11) is 0. The topological polar surface area (TPSA) is 43.1 Å². The maximum Gasteiger partial charge on any atom is 0.271 e. The van der Waals surface area contributed by atoms with Crippen LogP contribution in [0.2, 0.25) is 0 Å². The summed E-state index contributed by atoms with van der Waals surface area (Å²) in [4.78, 5) is 11.0. The third-order valence-electron chi connectivity index (χ3n) is 2.52. The molecule has 3 nitrogen and oxygen atoms in total. The monoisotopic (exact) mass is 209 g/mol. The first-order chi connectivity index (χ1) is 6.73. The predicted octanol–water partition coefficient (Wildman–Crippen LogP) is 2.94. The Balaban J connectivity index is 2.13. The minimum Gasteiger partial charge on any atom is -0.263 e. The Morgan fingerprint density at radius 3 is 2.36 bits per heavy atom. The van der Waals surface area contributed by atoms with Crippen molar-refractivity contribution in [1.82, 2.24) is 0 Å². The molecule has 0 N–H and O–H groups in total. The molecule has 0 spiro atoms. The molecule has 1 aromatic carbocycles. The van der Waals surface area contributed by atoms with Gasteiger partial charge in [-0.25, -0.2) is 0 Å². The number of nitro groups is 1. The third-order valence-corrected chi connectivity index (χ3v) is 3.96. The number of hydrogen-bond acceptors (Lipinski definition) is 3. The molecule has 0 atom stereocenters. The van der Waals surface area contributed by atoms with Crippen LogP contribution in [0.1, 0.15) is 19.3 Å². The van der Waals surface area contributed by atoms with Gasteiger partial charge in [-0.05, 0) is 30.3 Å². The molecule has 0 aliphatic heterocycles. The van der Waals surface area contributed by atoms with E-state index in [9.17, 15) is 10.1 Å². The standard InChI is InChI=1S/C10H11NO2S/c12-11(13)10(7-4-8-10)14-9-5-2-1-3-6-9/h1-3,5-6H,4,7-8H2. The Bertz CT molecular complexity index is 335. The molecule has 1 saturated carbocycles. The molecule has 0 unspecified atom stereocenters. The van der Waals surface area contributed by atoms with Crippen molar-refractivity contribution >= 4 is 11.8 Å². The van der Waals surface area contributed by atoms with E-state index in [1.165, 1.54) is 11.8 Å². The average molecular weight is 209 g/mol. The Hall–Kier alpha value is -1.03. The Labute approximate surface area is 86.7 Å². The van der Waals surface area contributed by atoms with Crippen LogP contribution >= 0.6 is 11.8 Å². The first-order valence-corrected chi connectivity index (χ1v) is 5.43. The minimum atomic E-state index is -0.735. The van der Waals surface area contributed by atoms with Crippen molar-refractivity contribution in [1.29, 1.82) is 0 Å². The van der Waals surface area contributed by atoms with Crippen LogP contribution in [0.4, 0.5) is 0 Å². The average Bonchev–Trinajstić information content (AvgIpc) is 2.12. The SMILES string of the molecule is O=[N+]([O-])C1(Sc2ccccc2)CCC1. The third kappa shape index (κ3) is 1.62. The highest BCUT2D eigenvalue weighted by Gasteiger charge is 2.50. The van der Waals surface area contributed by atoms with Gasteiger partial charge in [0.25, 0.3) is 4.87 Å². The molecule has 2 rings (SSSR count). The van der Waals surface area contributed by atoms with Gasteiger partial charge >= 0.3 is 0 Å². The van der Waals surface area contributed by atoms with E-state index < -0.39 is 4.87 Å². The molecule has 4 heteroatoms. The van der Waals surface area contributed by atoms with Gasteiger partial charge in [0.2, 0.25) is 0 Å². The van der Waals surface area contributed by atoms with Gasteiger partial charge in [-0.2, -0.15) is 0 Å². The fraction of sp³-hybridized carbons (Fsp3) is 0.400. The molecule has 1 fully saturated rings. The lowest BCUT2D eigenvalue weighted by atomic mass is 9.93. The number of rotatable bonds is 3. The zero-order chi connectivity index (χ0) is 10.0. The van der Waals surface area contributed by atoms with Crippen LogP contribution in [-0.4, -0.2) is 9.79 Å². The molecule has 74 valence electrons. The van der Waals surface area contributed by atoms with E-state index in [0.29, 0.717) is 12.8 Å². The first kappa shape index (κ1) is 9.52. The molecule has 1 aliphatic rings. The largest absolute Gasteiger partial charge is 0.271 e. The van der Waals surface area contributed by atoms with Crippen LogP contribution < -0.4 is 0 Å². The summed E-state index contributed by atoms with van der Waals surface area (Å²) in [5.74, 6) is 0. The van der Waals surface area contributed by atoms with E-state index in [0.717, 1.165) is 11.3 Å². The van der Waals surface area contributed by atoms with Crippen LogP contribution in [-0.2, 0) is 0 Å². The summed E-state index contributed by atoms with van der Waals surface area (Å²) in [5.41, 5.74) is 0. The molecule has 1 aromatic rings. The van der Waals surface area contributed by atoms with Gasteiger partial charge in [-0.1, -0.05) is 18.2 Å². The summed E-state index contributed by atoms with van der Waals surface area (Å²) < 4.78 is 0. The van der Waals surface area contributed by atoms with Crippen molar-refractivity contribution in [3.63, 3.8) is 0 Å². The van der Waals surface area contributed by atoms with Gasteiger partial charge in [0.15, 0.2) is 0 Å². The molecular weight excluding hydrogens is 198 g/mol. The Morgan fingerprint density at radius 2 is 1.93 bits per heavy atom. The van der Waals surface area contributed by atoms with Gasteiger partial charge in [-0.15, -0.1) is 0 Å². The molecule has 0 heterocycles. The van der Waals surface area contributed by atoms with E-state index in [1.807, 2.05) is 30.3 Å². The van der Waals surface area contributed by atoms with Gasteiger partial charge < -0.3 is 0 Å². The lowest BCUT2D eigenvalue weighted by Crippen LogP contribution is -2.41. The van der Waals surface area contributed by atoms with Crippen molar-refractivity contribution in [3.05, 3.63) is 40.4 Å². The van der Waals surface area contributed by atoms with Gasteiger partial charge in [0.05, 0.1) is 0 Å². The van der Waals surface area contributed by atoms with Crippen molar-refractivity contribution in [3.8, 4) is 0 Å². The Morgan fingerprint density at radius 1 is 1.29 bits per heavy atom. The second-order valence-corrected chi connectivity index (χ2v) is 4.91. The highest BCUT2D eigenvalue weighted by atomic mass is 32.2. The second kappa shape index (κ2) is 3.61. The lowest BCUT2D eigenvalue weighted by Gasteiger charge is -2.31. The molecule has 14 heavy (non-hydrogen) atoms. The van der Waals surface area contributed by atoms with E-state index in [-0.39, 0.29) is 4.92 Å². The number of benzene rings is 1. The van der Waals surface area contributed by atoms with E-state index in [4.69, 9.17) is 0 Å². The zero-order valence-electron chi connectivity index (χ0n) is 7.68. The molecule has 0 bridgehead atoms. The maximum absolute atomic E-state index is 10.9. The van der Waals surface area contributed by atoms with Gasteiger partial charge in [-0.3, -0.25) is 10.1 Å². The van der Waals surface area contributed by atoms with E-state index in [2.05, 4.69) is 0 Å². The first-order valence-electron chi connectivity index (χ1n) is 4.61. The van der Waals surface area contributed by atoms with E-state index >= 15 is 0 Å². The van der Waals surface area contributed by atoms with Crippen molar-refractivity contribution in [2.24, 2.45) is 0 Å². The van der Waals surface area contributed by atoms with Crippen LogP contribution in [0.25, 0.3) is 0 Å². The summed E-state index contributed by atoms with van der Waals surface area (Å²) >= 11 is 1.39. The van der Waals surface area contributed by atoms with Gasteiger partial charge in [0.1, 0.15) is 0 Å². The molecule has 0 amide bonds. The fourth-order valence-electron chi connectivity index (χ4n) is 1.51.